The molecule has 0 aliphatic heterocycles. The summed E-state index contributed by atoms with van der Waals surface area (Å²) in [6.07, 6.45) is 0.405. The first-order valence-electron chi connectivity index (χ1n) is 5.19. The summed E-state index contributed by atoms with van der Waals surface area (Å²) in [5.41, 5.74) is 0. The van der Waals surface area contributed by atoms with E-state index in [0.717, 1.165) is 4.88 Å². The summed E-state index contributed by atoms with van der Waals surface area (Å²) in [6, 6.07) is 3.95. The van der Waals surface area contributed by atoms with Gasteiger partial charge in [0.2, 0.25) is 5.91 Å². The summed E-state index contributed by atoms with van der Waals surface area (Å²) in [7, 11) is 0. The Morgan fingerprint density at radius 2 is 2.24 bits per heavy atom. The Hall–Kier alpha value is -1.01. The van der Waals surface area contributed by atoms with Crippen LogP contribution in [-0.4, -0.2) is 35.0 Å². The van der Waals surface area contributed by atoms with Crippen molar-refractivity contribution in [3.63, 3.8) is 0 Å². The van der Waals surface area contributed by atoms with Gasteiger partial charge in [-0.15, -0.1) is 23.1 Å². The normalized spacial score (nSPS) is 10.2. The van der Waals surface area contributed by atoms with Gasteiger partial charge >= 0.3 is 5.97 Å². The molecule has 6 heteroatoms. The maximum absolute atomic E-state index is 11.5. The van der Waals surface area contributed by atoms with E-state index in [9.17, 15) is 9.59 Å². The van der Waals surface area contributed by atoms with E-state index in [1.165, 1.54) is 16.6 Å². The number of carboxylic acid groups (broad SMARTS) is 1. The first-order valence-corrected chi connectivity index (χ1v) is 7.16. The maximum Gasteiger partial charge on any atom is 0.313 e. The molecular formula is C11H15NO3S2. The van der Waals surface area contributed by atoms with Crippen molar-refractivity contribution in [1.82, 2.24) is 5.32 Å². The van der Waals surface area contributed by atoms with Gasteiger partial charge in [0.05, 0.1) is 12.2 Å². The summed E-state index contributed by atoms with van der Waals surface area (Å²) in [5, 5.41) is 11.2. The Kier molecular flexibility index (Phi) is 6.07. The molecule has 17 heavy (non-hydrogen) atoms. The van der Waals surface area contributed by atoms with Gasteiger partial charge in [-0.05, 0) is 19.1 Å². The Balaban J connectivity index is 2.11. The number of aryl methyl sites for hydroxylation is 1. The Bertz CT molecular complexity index is 390. The second kappa shape index (κ2) is 7.34. The molecule has 0 aliphatic carbocycles. The van der Waals surface area contributed by atoms with Gasteiger partial charge in [-0.25, -0.2) is 0 Å². The standard InChI is InChI=1S/C11H15NO3S2/c1-8-2-3-9(17-8)6-10(13)12-4-5-16-7-11(14)15/h2-3H,4-7H2,1H3,(H,12,13)(H,14,15). The third kappa shape index (κ3) is 6.33. The van der Waals surface area contributed by atoms with Crippen LogP contribution in [0.15, 0.2) is 12.1 Å². The second-order valence-corrected chi connectivity index (χ2v) is 5.96. The van der Waals surface area contributed by atoms with E-state index in [0.29, 0.717) is 18.7 Å². The SMILES string of the molecule is Cc1ccc(CC(=O)NCCSCC(=O)O)s1. The fourth-order valence-corrected chi connectivity index (χ4v) is 2.68. The minimum Gasteiger partial charge on any atom is -0.481 e. The Morgan fingerprint density at radius 3 is 2.82 bits per heavy atom. The number of hydrogen-bond acceptors (Lipinski definition) is 4. The number of thioether (sulfide) groups is 1. The first-order chi connectivity index (χ1) is 8.08. The highest BCUT2D eigenvalue weighted by molar-refractivity contribution is 7.99. The Morgan fingerprint density at radius 1 is 1.47 bits per heavy atom. The van der Waals surface area contributed by atoms with Crippen LogP contribution in [-0.2, 0) is 16.0 Å². The van der Waals surface area contributed by atoms with Crippen LogP contribution in [0.3, 0.4) is 0 Å². The van der Waals surface area contributed by atoms with Crippen LogP contribution in [0.5, 0.6) is 0 Å². The molecule has 0 aromatic carbocycles. The van der Waals surface area contributed by atoms with Gasteiger partial charge in [0.1, 0.15) is 0 Å². The molecule has 0 fully saturated rings. The van der Waals surface area contributed by atoms with Crippen molar-refractivity contribution >= 4 is 35.0 Å². The maximum atomic E-state index is 11.5. The predicted molar refractivity (Wildman–Crippen MR) is 70.7 cm³/mol. The van der Waals surface area contributed by atoms with Crippen molar-refractivity contribution in [2.75, 3.05) is 18.1 Å². The number of carbonyl (C=O) groups is 2. The lowest BCUT2D eigenvalue weighted by Gasteiger charge is -2.03. The summed E-state index contributed by atoms with van der Waals surface area (Å²) < 4.78 is 0. The average Bonchev–Trinajstić information content (AvgIpc) is 2.63. The van der Waals surface area contributed by atoms with E-state index in [4.69, 9.17) is 5.11 Å². The third-order valence-corrected chi connectivity index (χ3v) is 3.87. The Labute approximate surface area is 108 Å². The monoisotopic (exact) mass is 273 g/mol. The van der Waals surface area contributed by atoms with Crippen molar-refractivity contribution in [2.24, 2.45) is 0 Å². The van der Waals surface area contributed by atoms with Crippen molar-refractivity contribution < 1.29 is 14.7 Å². The number of rotatable bonds is 7. The highest BCUT2D eigenvalue weighted by atomic mass is 32.2. The summed E-state index contributed by atoms with van der Waals surface area (Å²) >= 11 is 2.92. The molecule has 0 aliphatic rings. The van der Waals surface area contributed by atoms with Gasteiger partial charge in [-0.1, -0.05) is 0 Å². The number of carboxylic acids is 1. The molecule has 0 radical (unpaired) electrons. The van der Waals surface area contributed by atoms with Gasteiger partial charge in [0.25, 0.3) is 0 Å². The second-order valence-electron chi connectivity index (χ2n) is 3.49. The molecule has 0 saturated heterocycles. The van der Waals surface area contributed by atoms with E-state index >= 15 is 0 Å². The fourth-order valence-electron chi connectivity index (χ4n) is 1.22. The van der Waals surface area contributed by atoms with Crippen molar-refractivity contribution in [3.05, 3.63) is 21.9 Å². The highest BCUT2D eigenvalue weighted by Gasteiger charge is 2.04. The fraction of sp³-hybridized carbons (Fsp3) is 0.455. The minimum atomic E-state index is -0.824. The molecule has 4 nitrogen and oxygen atoms in total. The number of hydrogen-bond donors (Lipinski definition) is 2. The van der Waals surface area contributed by atoms with Crippen LogP contribution in [0.2, 0.25) is 0 Å². The largest absolute Gasteiger partial charge is 0.481 e. The smallest absolute Gasteiger partial charge is 0.313 e. The van der Waals surface area contributed by atoms with Crippen LogP contribution in [0.1, 0.15) is 9.75 Å². The lowest BCUT2D eigenvalue weighted by atomic mass is 10.3. The van der Waals surface area contributed by atoms with Crippen LogP contribution in [0.25, 0.3) is 0 Å². The number of thiophene rings is 1. The zero-order chi connectivity index (χ0) is 12.7. The number of aliphatic carboxylic acids is 1. The van der Waals surface area contributed by atoms with E-state index < -0.39 is 5.97 Å². The molecule has 1 amide bonds. The van der Waals surface area contributed by atoms with E-state index in [-0.39, 0.29) is 11.7 Å². The summed E-state index contributed by atoms with van der Waals surface area (Å²) in [5.74, 6) is -0.125. The quantitative estimate of drug-likeness (QED) is 0.739. The van der Waals surface area contributed by atoms with Crippen LogP contribution in [0.4, 0.5) is 0 Å². The third-order valence-electron chi connectivity index (χ3n) is 1.92. The molecule has 1 aromatic heterocycles. The van der Waals surface area contributed by atoms with Crippen LogP contribution >= 0.6 is 23.1 Å². The molecule has 0 spiro atoms. The van der Waals surface area contributed by atoms with Crippen LogP contribution in [0, 0.1) is 6.92 Å². The highest BCUT2D eigenvalue weighted by Crippen LogP contribution is 2.15. The molecule has 1 rings (SSSR count). The van der Waals surface area contributed by atoms with Crippen molar-refractivity contribution in [3.8, 4) is 0 Å². The van der Waals surface area contributed by atoms with E-state index in [1.807, 2.05) is 19.1 Å². The van der Waals surface area contributed by atoms with E-state index in [1.54, 1.807) is 11.3 Å². The van der Waals surface area contributed by atoms with Crippen molar-refractivity contribution in [1.29, 1.82) is 0 Å². The lowest BCUT2D eigenvalue weighted by Crippen LogP contribution is -2.27. The molecule has 0 atom stereocenters. The zero-order valence-corrected chi connectivity index (χ0v) is 11.2. The van der Waals surface area contributed by atoms with Gasteiger partial charge in [0, 0.05) is 22.1 Å². The number of nitrogens with one attached hydrogen (secondary N) is 1. The number of carbonyl (C=O) groups excluding carboxylic acids is 1. The average molecular weight is 273 g/mol. The molecule has 0 bridgehead atoms. The van der Waals surface area contributed by atoms with Gasteiger partial charge in [-0.3, -0.25) is 9.59 Å². The summed E-state index contributed by atoms with van der Waals surface area (Å²) in [4.78, 5) is 24.0. The molecule has 0 saturated carbocycles. The van der Waals surface area contributed by atoms with Crippen LogP contribution < -0.4 is 5.32 Å². The molecular weight excluding hydrogens is 258 g/mol. The molecule has 1 aromatic rings. The van der Waals surface area contributed by atoms with Gasteiger partial charge in [-0.2, -0.15) is 0 Å². The van der Waals surface area contributed by atoms with E-state index in [2.05, 4.69) is 5.32 Å². The minimum absolute atomic E-state index is 0.0113. The molecule has 1 heterocycles. The first kappa shape index (κ1) is 14.1. The zero-order valence-electron chi connectivity index (χ0n) is 9.56. The van der Waals surface area contributed by atoms with Crippen molar-refractivity contribution in [2.45, 2.75) is 13.3 Å². The lowest BCUT2D eigenvalue weighted by molar-refractivity contribution is -0.133. The predicted octanol–water partition coefficient (Wildman–Crippen LogP) is 1.53. The molecule has 0 unspecified atom stereocenters. The topological polar surface area (TPSA) is 66.4 Å². The molecule has 2 N–H and O–H groups in total. The summed E-state index contributed by atoms with van der Waals surface area (Å²) in [6.45, 7) is 2.52. The van der Waals surface area contributed by atoms with Gasteiger partial charge in [0.15, 0.2) is 0 Å². The molecule has 94 valence electrons. The number of amides is 1. The van der Waals surface area contributed by atoms with Gasteiger partial charge < -0.3 is 10.4 Å².